The van der Waals surface area contributed by atoms with Crippen molar-refractivity contribution in [2.45, 2.75) is 6.42 Å². The first-order valence-corrected chi connectivity index (χ1v) is 6.56. The van der Waals surface area contributed by atoms with Gasteiger partial charge < -0.3 is 4.74 Å². The molecule has 0 aliphatic carbocycles. The average molecular weight is 280 g/mol. The molecular formula is C18H16O3. The van der Waals surface area contributed by atoms with E-state index in [0.717, 1.165) is 11.3 Å². The van der Waals surface area contributed by atoms with Crippen molar-refractivity contribution in [2.75, 3.05) is 7.11 Å². The highest BCUT2D eigenvalue weighted by Gasteiger charge is 2.17. The van der Waals surface area contributed by atoms with E-state index in [2.05, 4.69) is 6.58 Å². The first-order valence-electron chi connectivity index (χ1n) is 6.56. The predicted octanol–water partition coefficient (Wildman–Crippen LogP) is 3.25. The summed E-state index contributed by atoms with van der Waals surface area (Å²) in [5.41, 5.74) is 1.31. The molecule has 0 aliphatic rings. The Bertz CT molecular complexity index is 655. The third-order valence-corrected chi connectivity index (χ3v) is 3.17. The van der Waals surface area contributed by atoms with Crippen LogP contribution in [0.4, 0.5) is 0 Å². The molecule has 0 aliphatic heterocycles. The molecule has 0 N–H and O–H groups in total. The molecule has 0 heterocycles. The summed E-state index contributed by atoms with van der Waals surface area (Å²) >= 11 is 0. The fraction of sp³-hybridized carbons (Fsp3) is 0.111. The van der Waals surface area contributed by atoms with Crippen molar-refractivity contribution < 1.29 is 14.3 Å². The molecule has 0 spiro atoms. The van der Waals surface area contributed by atoms with E-state index < -0.39 is 0 Å². The predicted molar refractivity (Wildman–Crippen MR) is 81.6 cm³/mol. The molecule has 0 fully saturated rings. The summed E-state index contributed by atoms with van der Waals surface area (Å²) in [5.74, 6) is 0.133. The van der Waals surface area contributed by atoms with Crippen molar-refractivity contribution >= 4 is 11.6 Å². The zero-order chi connectivity index (χ0) is 15.2. The molecule has 0 saturated carbocycles. The van der Waals surface area contributed by atoms with E-state index in [4.69, 9.17) is 4.74 Å². The molecule has 0 amide bonds. The van der Waals surface area contributed by atoms with Crippen LogP contribution in [0.3, 0.4) is 0 Å². The van der Waals surface area contributed by atoms with Crippen LogP contribution in [0.2, 0.25) is 0 Å². The lowest BCUT2D eigenvalue weighted by Gasteiger charge is -2.05. The highest BCUT2D eigenvalue weighted by molar-refractivity contribution is 6.26. The Kier molecular flexibility index (Phi) is 4.67. The molecule has 0 saturated heterocycles. The third kappa shape index (κ3) is 3.66. The molecule has 0 bridgehead atoms. The van der Waals surface area contributed by atoms with Crippen LogP contribution in [0.15, 0.2) is 66.7 Å². The Hall–Kier alpha value is -2.68. The summed E-state index contributed by atoms with van der Waals surface area (Å²) in [6.45, 7) is 3.64. The van der Waals surface area contributed by atoms with E-state index in [0.29, 0.717) is 5.56 Å². The first kappa shape index (κ1) is 14.7. The highest BCUT2D eigenvalue weighted by Crippen LogP contribution is 2.14. The van der Waals surface area contributed by atoms with Crippen molar-refractivity contribution in [3.63, 3.8) is 0 Å². The fourth-order valence-corrected chi connectivity index (χ4v) is 1.93. The average Bonchev–Trinajstić information content (AvgIpc) is 2.55. The number of carbonyl (C=O) groups is 2. The zero-order valence-electron chi connectivity index (χ0n) is 11.8. The molecule has 21 heavy (non-hydrogen) atoms. The van der Waals surface area contributed by atoms with Crippen LogP contribution >= 0.6 is 0 Å². The van der Waals surface area contributed by atoms with Gasteiger partial charge in [-0.3, -0.25) is 9.59 Å². The number of benzene rings is 2. The number of ether oxygens (including phenoxy) is 1. The maximum absolute atomic E-state index is 12.1. The van der Waals surface area contributed by atoms with Gasteiger partial charge in [-0.2, -0.15) is 0 Å². The molecule has 106 valence electrons. The summed E-state index contributed by atoms with van der Waals surface area (Å²) in [7, 11) is 1.58. The second-order valence-electron chi connectivity index (χ2n) is 4.62. The monoisotopic (exact) mass is 280 g/mol. The lowest BCUT2D eigenvalue weighted by molar-refractivity contribution is -0.114. The summed E-state index contributed by atoms with van der Waals surface area (Å²) < 4.78 is 5.06. The van der Waals surface area contributed by atoms with E-state index in [-0.39, 0.29) is 23.6 Å². The third-order valence-electron chi connectivity index (χ3n) is 3.17. The number of methoxy groups -OCH3 is 1. The molecule has 2 aromatic carbocycles. The Morgan fingerprint density at radius 2 is 1.62 bits per heavy atom. The minimum atomic E-state index is -0.325. The lowest BCUT2D eigenvalue weighted by Crippen LogP contribution is -2.14. The Labute approximate surface area is 123 Å². The molecule has 3 heteroatoms. The summed E-state index contributed by atoms with van der Waals surface area (Å²) in [6, 6.07) is 15.9. The van der Waals surface area contributed by atoms with Crippen LogP contribution in [-0.2, 0) is 11.2 Å². The Morgan fingerprint density at radius 1 is 1.00 bits per heavy atom. The second kappa shape index (κ2) is 6.66. The minimum absolute atomic E-state index is 0.0111. The summed E-state index contributed by atoms with van der Waals surface area (Å²) in [6.07, 6.45) is 0.154. The molecule has 2 rings (SSSR count). The second-order valence-corrected chi connectivity index (χ2v) is 4.62. The van der Waals surface area contributed by atoms with Gasteiger partial charge in [-0.15, -0.1) is 0 Å². The Balaban J connectivity index is 2.05. The van der Waals surface area contributed by atoms with Crippen molar-refractivity contribution in [3.8, 4) is 5.75 Å². The van der Waals surface area contributed by atoms with Crippen LogP contribution in [0, 0.1) is 0 Å². The number of hydrogen-bond acceptors (Lipinski definition) is 3. The number of rotatable bonds is 6. The van der Waals surface area contributed by atoms with E-state index in [1.165, 1.54) is 0 Å². The van der Waals surface area contributed by atoms with Gasteiger partial charge in [0.15, 0.2) is 11.6 Å². The van der Waals surface area contributed by atoms with Gasteiger partial charge >= 0.3 is 0 Å². The first-order chi connectivity index (χ1) is 10.1. The van der Waals surface area contributed by atoms with Crippen LogP contribution in [0.5, 0.6) is 5.75 Å². The quantitative estimate of drug-likeness (QED) is 0.353. The minimum Gasteiger partial charge on any atom is -0.497 e. The van der Waals surface area contributed by atoms with Crippen LogP contribution in [0.25, 0.3) is 0 Å². The summed E-state index contributed by atoms with van der Waals surface area (Å²) in [4.78, 5) is 24.3. The highest BCUT2D eigenvalue weighted by atomic mass is 16.5. The maximum Gasteiger partial charge on any atom is 0.196 e. The van der Waals surface area contributed by atoms with Crippen molar-refractivity contribution in [3.05, 3.63) is 77.9 Å². The normalized spacial score (nSPS) is 9.95. The lowest BCUT2D eigenvalue weighted by atomic mass is 9.97. The molecule has 0 unspecified atom stereocenters. The van der Waals surface area contributed by atoms with Gasteiger partial charge in [0.05, 0.1) is 12.7 Å². The molecule has 0 atom stereocenters. The number of Topliss-reactive ketones (excluding diaryl/α,β-unsaturated/α-hetero) is 2. The number of allylic oxidation sites excluding steroid dienone is 1. The topological polar surface area (TPSA) is 43.4 Å². The molecule has 2 aromatic rings. The van der Waals surface area contributed by atoms with Gasteiger partial charge in [-0.25, -0.2) is 0 Å². The molecule has 0 aromatic heterocycles. The fourth-order valence-electron chi connectivity index (χ4n) is 1.93. The van der Waals surface area contributed by atoms with E-state index in [1.54, 1.807) is 55.6 Å². The van der Waals surface area contributed by atoms with Crippen molar-refractivity contribution in [1.29, 1.82) is 0 Å². The van der Waals surface area contributed by atoms with Gasteiger partial charge in [0.1, 0.15) is 5.75 Å². The van der Waals surface area contributed by atoms with Gasteiger partial charge in [0.25, 0.3) is 0 Å². The molecule has 0 radical (unpaired) electrons. The molecular weight excluding hydrogens is 264 g/mol. The van der Waals surface area contributed by atoms with E-state index >= 15 is 0 Å². The maximum atomic E-state index is 12.1. The number of ketones is 2. The van der Waals surface area contributed by atoms with E-state index in [9.17, 15) is 9.59 Å². The van der Waals surface area contributed by atoms with Crippen LogP contribution < -0.4 is 4.74 Å². The zero-order valence-corrected chi connectivity index (χ0v) is 11.8. The van der Waals surface area contributed by atoms with Gasteiger partial charge in [0, 0.05) is 12.0 Å². The van der Waals surface area contributed by atoms with Gasteiger partial charge in [0.2, 0.25) is 0 Å². The SMILES string of the molecule is C=C(C(=O)Cc1ccc(OC)cc1)C(=O)c1ccccc1. The largest absolute Gasteiger partial charge is 0.497 e. The van der Waals surface area contributed by atoms with Gasteiger partial charge in [-0.05, 0) is 17.7 Å². The van der Waals surface area contributed by atoms with Crippen molar-refractivity contribution in [2.24, 2.45) is 0 Å². The van der Waals surface area contributed by atoms with Crippen LogP contribution in [0.1, 0.15) is 15.9 Å². The van der Waals surface area contributed by atoms with Gasteiger partial charge in [-0.1, -0.05) is 49.0 Å². The number of carbonyl (C=O) groups excluding carboxylic acids is 2. The smallest absolute Gasteiger partial charge is 0.196 e. The van der Waals surface area contributed by atoms with E-state index in [1.807, 2.05) is 6.07 Å². The standard InChI is InChI=1S/C18H16O3/c1-13(18(20)15-6-4-3-5-7-15)17(19)12-14-8-10-16(21-2)11-9-14/h3-11H,1,12H2,2H3. The molecule has 3 nitrogen and oxygen atoms in total. The number of hydrogen-bond donors (Lipinski definition) is 0. The summed E-state index contributed by atoms with van der Waals surface area (Å²) in [5, 5.41) is 0. The van der Waals surface area contributed by atoms with Crippen molar-refractivity contribution in [1.82, 2.24) is 0 Å². The van der Waals surface area contributed by atoms with Crippen LogP contribution in [-0.4, -0.2) is 18.7 Å². The Morgan fingerprint density at radius 3 is 2.19 bits per heavy atom.